The molecule has 1 fully saturated rings. The largest absolute Gasteiger partial charge is 0.338 e. The van der Waals surface area contributed by atoms with Crippen LogP contribution in [0.15, 0.2) is 0 Å². The molecule has 0 saturated carbocycles. The number of amides is 3. The van der Waals surface area contributed by atoms with Gasteiger partial charge in [-0.2, -0.15) is 0 Å². The minimum atomic E-state index is -0.408. The van der Waals surface area contributed by atoms with Crippen LogP contribution in [0.1, 0.15) is 26.2 Å². The van der Waals surface area contributed by atoms with Crippen LogP contribution in [0.25, 0.3) is 0 Å². The summed E-state index contributed by atoms with van der Waals surface area (Å²) in [5.74, 6) is -0.260. The van der Waals surface area contributed by atoms with Crippen LogP contribution in [0.3, 0.4) is 0 Å². The lowest BCUT2D eigenvalue weighted by Crippen LogP contribution is -2.45. The lowest BCUT2D eigenvalue weighted by molar-refractivity contribution is -0.120. The number of nitrogens with zero attached hydrogens (tertiary/aromatic N) is 1. The van der Waals surface area contributed by atoms with Crippen molar-refractivity contribution in [1.82, 2.24) is 20.9 Å². The molecular weight excluding hydrogens is 232 g/mol. The van der Waals surface area contributed by atoms with Gasteiger partial charge in [0.25, 0.3) is 0 Å². The summed E-state index contributed by atoms with van der Waals surface area (Å²) in [6.07, 6.45) is 3.21. The number of carbonyl (C=O) groups excluding carboxylic acids is 2. The van der Waals surface area contributed by atoms with Crippen molar-refractivity contribution in [1.29, 1.82) is 0 Å². The minimum Gasteiger partial charge on any atom is -0.338 e. The van der Waals surface area contributed by atoms with E-state index >= 15 is 0 Å². The highest BCUT2D eigenvalue weighted by atomic mass is 16.2. The molecule has 0 aliphatic carbocycles. The van der Waals surface area contributed by atoms with Crippen molar-refractivity contribution in [3.8, 4) is 0 Å². The van der Waals surface area contributed by atoms with Gasteiger partial charge >= 0.3 is 6.03 Å². The van der Waals surface area contributed by atoms with E-state index in [2.05, 4.69) is 16.0 Å². The second-order valence-electron chi connectivity index (χ2n) is 4.79. The number of hydrogen-bond acceptors (Lipinski definition) is 4. The van der Waals surface area contributed by atoms with E-state index in [0.717, 1.165) is 25.9 Å². The Morgan fingerprint density at radius 2 is 2.22 bits per heavy atom. The molecule has 1 heterocycles. The van der Waals surface area contributed by atoms with E-state index in [1.54, 1.807) is 0 Å². The van der Waals surface area contributed by atoms with E-state index in [1.807, 2.05) is 18.9 Å². The molecule has 0 spiro atoms. The van der Waals surface area contributed by atoms with Crippen molar-refractivity contribution in [2.75, 3.05) is 33.2 Å². The molecule has 6 heteroatoms. The number of nitrogens with one attached hydrogen (secondary N) is 3. The fourth-order valence-corrected chi connectivity index (χ4v) is 2.05. The Balaban J connectivity index is 2.15. The van der Waals surface area contributed by atoms with E-state index in [0.29, 0.717) is 12.6 Å². The summed E-state index contributed by atoms with van der Waals surface area (Å²) in [6, 6.07) is 0.0611. The molecule has 0 bridgehead atoms. The molecule has 0 aromatic rings. The fourth-order valence-electron chi connectivity index (χ4n) is 2.05. The van der Waals surface area contributed by atoms with Gasteiger partial charge in [0, 0.05) is 19.1 Å². The van der Waals surface area contributed by atoms with Crippen LogP contribution in [0, 0.1) is 0 Å². The Labute approximate surface area is 108 Å². The first-order chi connectivity index (χ1) is 8.61. The zero-order chi connectivity index (χ0) is 13.4. The van der Waals surface area contributed by atoms with Gasteiger partial charge in [0.05, 0.1) is 6.54 Å². The number of hydrogen-bond donors (Lipinski definition) is 3. The molecule has 1 rings (SSSR count). The van der Waals surface area contributed by atoms with Gasteiger partial charge in [-0.05, 0) is 32.9 Å². The highest BCUT2D eigenvalue weighted by Crippen LogP contribution is 2.05. The average molecular weight is 256 g/mol. The van der Waals surface area contributed by atoms with Gasteiger partial charge in [-0.1, -0.05) is 6.92 Å². The molecule has 0 aromatic heterocycles. The van der Waals surface area contributed by atoms with Gasteiger partial charge in [-0.25, -0.2) is 4.79 Å². The maximum absolute atomic E-state index is 11.6. The van der Waals surface area contributed by atoms with Crippen LogP contribution >= 0.6 is 0 Å². The van der Waals surface area contributed by atoms with Gasteiger partial charge in [0.15, 0.2) is 0 Å². The van der Waals surface area contributed by atoms with Crippen LogP contribution < -0.4 is 16.0 Å². The Bertz CT molecular complexity index is 277. The van der Waals surface area contributed by atoms with Gasteiger partial charge in [-0.3, -0.25) is 15.0 Å². The Morgan fingerprint density at radius 1 is 1.44 bits per heavy atom. The lowest BCUT2D eigenvalue weighted by Gasteiger charge is -2.20. The summed E-state index contributed by atoms with van der Waals surface area (Å²) in [4.78, 5) is 24.8. The van der Waals surface area contributed by atoms with Crippen LogP contribution in [0.5, 0.6) is 0 Å². The van der Waals surface area contributed by atoms with Crippen LogP contribution in [-0.4, -0.2) is 56.1 Å². The van der Waals surface area contributed by atoms with Crippen LogP contribution in [-0.2, 0) is 4.79 Å². The molecule has 1 aliphatic rings. The Kier molecular flexibility index (Phi) is 6.67. The molecule has 1 aliphatic heterocycles. The fraction of sp³-hybridized carbons (Fsp3) is 0.833. The van der Waals surface area contributed by atoms with Gasteiger partial charge < -0.3 is 10.6 Å². The average Bonchev–Trinajstić information content (AvgIpc) is 2.78. The molecule has 6 nitrogen and oxygen atoms in total. The topological polar surface area (TPSA) is 73.5 Å². The standard InChI is InChI=1S/C12H24N4O2/c1-3-6-14-12(18)15-11(17)9-16(2)8-10-5-4-7-13-10/h10,13H,3-9H2,1-2H3,(H2,14,15,17,18). The third-order valence-electron chi connectivity index (χ3n) is 2.90. The number of rotatable bonds is 6. The summed E-state index contributed by atoms with van der Waals surface area (Å²) in [7, 11) is 1.89. The molecule has 1 unspecified atom stereocenters. The first-order valence-electron chi connectivity index (χ1n) is 6.61. The summed E-state index contributed by atoms with van der Waals surface area (Å²) < 4.78 is 0. The summed E-state index contributed by atoms with van der Waals surface area (Å²) >= 11 is 0. The molecule has 104 valence electrons. The maximum atomic E-state index is 11.6. The van der Waals surface area contributed by atoms with E-state index in [1.165, 1.54) is 6.42 Å². The molecule has 0 radical (unpaired) electrons. The number of carbonyl (C=O) groups is 2. The molecule has 3 amide bonds. The van der Waals surface area contributed by atoms with Crippen molar-refractivity contribution >= 4 is 11.9 Å². The predicted molar refractivity (Wildman–Crippen MR) is 70.4 cm³/mol. The zero-order valence-electron chi connectivity index (χ0n) is 11.3. The van der Waals surface area contributed by atoms with E-state index in [-0.39, 0.29) is 12.5 Å². The monoisotopic (exact) mass is 256 g/mol. The maximum Gasteiger partial charge on any atom is 0.321 e. The highest BCUT2D eigenvalue weighted by Gasteiger charge is 2.17. The second kappa shape index (κ2) is 8.05. The van der Waals surface area contributed by atoms with E-state index < -0.39 is 6.03 Å². The van der Waals surface area contributed by atoms with Gasteiger partial charge in [-0.15, -0.1) is 0 Å². The third-order valence-corrected chi connectivity index (χ3v) is 2.90. The first-order valence-corrected chi connectivity index (χ1v) is 6.61. The molecule has 3 N–H and O–H groups in total. The third kappa shape index (κ3) is 5.97. The molecule has 0 aromatic carbocycles. The Morgan fingerprint density at radius 3 is 2.83 bits per heavy atom. The smallest absolute Gasteiger partial charge is 0.321 e. The minimum absolute atomic E-state index is 0.248. The Hall–Kier alpha value is -1.14. The zero-order valence-corrected chi connectivity index (χ0v) is 11.3. The van der Waals surface area contributed by atoms with Crippen LogP contribution in [0.4, 0.5) is 4.79 Å². The van der Waals surface area contributed by atoms with Gasteiger partial charge in [0.2, 0.25) is 5.91 Å². The summed E-state index contributed by atoms with van der Waals surface area (Å²) in [5.41, 5.74) is 0. The summed E-state index contributed by atoms with van der Waals surface area (Å²) in [6.45, 7) is 4.69. The quantitative estimate of drug-likeness (QED) is 0.621. The van der Waals surface area contributed by atoms with Crippen molar-refractivity contribution in [3.05, 3.63) is 0 Å². The van der Waals surface area contributed by atoms with Gasteiger partial charge in [0.1, 0.15) is 0 Å². The molecule has 18 heavy (non-hydrogen) atoms. The van der Waals surface area contributed by atoms with E-state index in [4.69, 9.17) is 0 Å². The summed E-state index contributed by atoms with van der Waals surface area (Å²) in [5, 5.41) is 8.30. The number of urea groups is 1. The predicted octanol–water partition coefficient (Wildman–Crippen LogP) is -0.0940. The molecule has 1 atom stereocenters. The molecule has 1 saturated heterocycles. The highest BCUT2D eigenvalue weighted by molar-refractivity contribution is 5.95. The van der Waals surface area contributed by atoms with Crippen molar-refractivity contribution in [2.45, 2.75) is 32.2 Å². The molecular formula is C12H24N4O2. The first kappa shape index (κ1) is 14.9. The van der Waals surface area contributed by atoms with E-state index in [9.17, 15) is 9.59 Å². The van der Waals surface area contributed by atoms with Crippen LogP contribution in [0.2, 0.25) is 0 Å². The lowest BCUT2D eigenvalue weighted by atomic mass is 10.2. The normalized spacial score (nSPS) is 18.9. The number of imide groups is 1. The van der Waals surface area contributed by atoms with Crippen molar-refractivity contribution in [2.24, 2.45) is 0 Å². The number of likely N-dealkylation sites (N-methyl/N-ethyl adjacent to an activating group) is 1. The van der Waals surface area contributed by atoms with Crippen molar-refractivity contribution in [3.63, 3.8) is 0 Å². The van der Waals surface area contributed by atoms with Crippen molar-refractivity contribution < 1.29 is 9.59 Å². The SMILES string of the molecule is CCCNC(=O)NC(=O)CN(C)CC1CCCN1. The second-order valence-corrected chi connectivity index (χ2v) is 4.79.